The molecule has 0 aliphatic heterocycles. The standard InChI is InChI=1S/C21H19FIN5OS/c1-12-8-13(23)10-25-20(12)27-18-15(9-16-19(17(18)22)26-11-28(16)2)21(29)24-6-5-14-4-3-7-30-14/h3-4,7-11H,5-6H2,1-2H3,(H,24,29)(H,25,27). The topological polar surface area (TPSA) is 71.8 Å². The van der Waals surface area contributed by atoms with Gasteiger partial charge in [-0.15, -0.1) is 11.3 Å². The number of hydrogen-bond acceptors (Lipinski definition) is 5. The highest BCUT2D eigenvalue weighted by Gasteiger charge is 2.22. The van der Waals surface area contributed by atoms with E-state index in [2.05, 4.69) is 43.2 Å². The molecule has 1 aromatic carbocycles. The molecule has 9 heteroatoms. The van der Waals surface area contributed by atoms with Crippen LogP contribution in [0.3, 0.4) is 0 Å². The molecule has 154 valence electrons. The lowest BCUT2D eigenvalue weighted by Gasteiger charge is -2.15. The number of halogens is 2. The molecule has 0 aliphatic carbocycles. The lowest BCUT2D eigenvalue weighted by Crippen LogP contribution is -2.26. The van der Waals surface area contributed by atoms with E-state index < -0.39 is 5.82 Å². The number of nitrogens with one attached hydrogen (secondary N) is 2. The summed E-state index contributed by atoms with van der Waals surface area (Å²) in [5.41, 5.74) is 1.90. The molecule has 30 heavy (non-hydrogen) atoms. The van der Waals surface area contributed by atoms with Gasteiger partial charge in [-0.1, -0.05) is 6.07 Å². The fraction of sp³-hybridized carbons (Fsp3) is 0.190. The Bertz CT molecular complexity index is 1220. The molecule has 0 saturated heterocycles. The third kappa shape index (κ3) is 4.17. The summed E-state index contributed by atoms with van der Waals surface area (Å²) < 4.78 is 18.1. The van der Waals surface area contributed by atoms with Crippen LogP contribution >= 0.6 is 33.9 Å². The van der Waals surface area contributed by atoms with Gasteiger partial charge in [0.05, 0.1) is 23.1 Å². The molecule has 6 nitrogen and oxygen atoms in total. The number of nitrogens with zero attached hydrogens (tertiary/aromatic N) is 3. The zero-order valence-electron chi connectivity index (χ0n) is 16.4. The maximum absolute atomic E-state index is 15.4. The number of pyridine rings is 1. The lowest BCUT2D eigenvalue weighted by molar-refractivity contribution is 0.0955. The average molecular weight is 535 g/mol. The number of aryl methyl sites for hydroxylation is 2. The molecular weight excluding hydrogens is 516 g/mol. The van der Waals surface area contributed by atoms with Crippen LogP contribution in [0.1, 0.15) is 20.8 Å². The Morgan fingerprint density at radius 2 is 2.17 bits per heavy atom. The van der Waals surface area contributed by atoms with E-state index >= 15 is 4.39 Å². The predicted octanol–water partition coefficient (Wildman–Crippen LogP) is 4.80. The van der Waals surface area contributed by atoms with E-state index in [1.54, 1.807) is 35.2 Å². The van der Waals surface area contributed by atoms with Crippen molar-refractivity contribution in [1.82, 2.24) is 19.9 Å². The van der Waals surface area contributed by atoms with Gasteiger partial charge in [-0.3, -0.25) is 4.79 Å². The minimum Gasteiger partial charge on any atom is -0.352 e. The van der Waals surface area contributed by atoms with E-state index in [4.69, 9.17) is 0 Å². The molecule has 0 spiro atoms. The third-order valence-electron chi connectivity index (χ3n) is 4.73. The fourth-order valence-corrected chi connectivity index (χ4v) is 4.48. The number of carbonyl (C=O) groups excluding carboxylic acids is 1. The number of fused-ring (bicyclic) bond motifs is 1. The molecule has 0 bridgehead atoms. The van der Waals surface area contributed by atoms with E-state index in [1.165, 1.54) is 11.2 Å². The first-order valence-electron chi connectivity index (χ1n) is 9.27. The van der Waals surface area contributed by atoms with Crippen LogP contribution < -0.4 is 10.6 Å². The van der Waals surface area contributed by atoms with E-state index in [1.807, 2.05) is 30.5 Å². The van der Waals surface area contributed by atoms with Gasteiger partial charge in [-0.25, -0.2) is 14.4 Å². The molecule has 4 aromatic rings. The van der Waals surface area contributed by atoms with Gasteiger partial charge in [0.2, 0.25) is 0 Å². The van der Waals surface area contributed by atoms with Crippen LogP contribution in [0.15, 0.2) is 42.2 Å². The van der Waals surface area contributed by atoms with E-state index in [0.29, 0.717) is 17.9 Å². The summed E-state index contributed by atoms with van der Waals surface area (Å²) >= 11 is 3.81. The van der Waals surface area contributed by atoms with Crippen molar-refractivity contribution in [2.75, 3.05) is 11.9 Å². The Balaban J connectivity index is 1.69. The second-order valence-corrected chi connectivity index (χ2v) is 9.14. The SMILES string of the molecule is Cc1cc(I)cnc1Nc1c(C(=O)NCCc2cccs2)cc2c(ncn2C)c1F. The summed E-state index contributed by atoms with van der Waals surface area (Å²) in [7, 11) is 1.77. The van der Waals surface area contributed by atoms with Gasteiger partial charge in [0.15, 0.2) is 5.82 Å². The number of thiophene rings is 1. The number of benzene rings is 1. The first-order valence-corrected chi connectivity index (χ1v) is 11.2. The van der Waals surface area contributed by atoms with Gasteiger partial charge in [-0.05, 0) is 65.1 Å². The lowest BCUT2D eigenvalue weighted by atomic mass is 10.1. The zero-order valence-corrected chi connectivity index (χ0v) is 19.3. The van der Waals surface area contributed by atoms with Crippen molar-refractivity contribution in [3.8, 4) is 0 Å². The van der Waals surface area contributed by atoms with Crippen LogP contribution in [0.5, 0.6) is 0 Å². The molecule has 0 radical (unpaired) electrons. The average Bonchev–Trinajstić information content (AvgIpc) is 3.35. The highest BCUT2D eigenvalue weighted by Crippen LogP contribution is 2.31. The summed E-state index contributed by atoms with van der Waals surface area (Å²) in [4.78, 5) is 22.7. The van der Waals surface area contributed by atoms with Crippen LogP contribution in [0.4, 0.5) is 15.9 Å². The maximum atomic E-state index is 15.4. The quantitative estimate of drug-likeness (QED) is 0.348. The van der Waals surface area contributed by atoms with Crippen molar-refractivity contribution >= 4 is 62.4 Å². The van der Waals surface area contributed by atoms with Gasteiger partial charge in [0, 0.05) is 28.2 Å². The van der Waals surface area contributed by atoms with Gasteiger partial charge >= 0.3 is 0 Å². The second-order valence-electron chi connectivity index (χ2n) is 6.87. The molecule has 1 amide bonds. The highest BCUT2D eigenvalue weighted by atomic mass is 127. The Morgan fingerprint density at radius 1 is 1.33 bits per heavy atom. The van der Waals surface area contributed by atoms with Gasteiger partial charge in [0.1, 0.15) is 11.3 Å². The van der Waals surface area contributed by atoms with E-state index in [-0.39, 0.29) is 22.7 Å². The molecule has 0 unspecified atom stereocenters. The van der Waals surface area contributed by atoms with Crippen molar-refractivity contribution < 1.29 is 9.18 Å². The monoisotopic (exact) mass is 535 g/mol. The molecule has 0 atom stereocenters. The molecule has 2 N–H and O–H groups in total. The summed E-state index contributed by atoms with van der Waals surface area (Å²) in [5, 5.41) is 7.93. The molecular formula is C21H19FIN5OS. The maximum Gasteiger partial charge on any atom is 0.253 e. The van der Waals surface area contributed by atoms with Crippen molar-refractivity contribution in [3.63, 3.8) is 0 Å². The summed E-state index contributed by atoms with van der Waals surface area (Å²) in [5.74, 6) is -0.423. The van der Waals surface area contributed by atoms with E-state index in [0.717, 1.165) is 15.6 Å². The Morgan fingerprint density at radius 3 is 2.90 bits per heavy atom. The Hall–Kier alpha value is -2.53. The molecule has 3 heterocycles. The minimum atomic E-state index is -0.573. The van der Waals surface area contributed by atoms with E-state index in [9.17, 15) is 4.79 Å². The van der Waals surface area contributed by atoms with Crippen molar-refractivity contribution in [2.24, 2.45) is 7.05 Å². The first kappa shape index (κ1) is 20.7. The van der Waals surface area contributed by atoms with Crippen LogP contribution in [-0.2, 0) is 13.5 Å². The molecule has 0 aliphatic rings. The molecule has 0 saturated carbocycles. The summed E-state index contributed by atoms with van der Waals surface area (Å²) in [6, 6.07) is 7.60. The van der Waals surface area contributed by atoms with Crippen molar-refractivity contribution in [2.45, 2.75) is 13.3 Å². The number of aromatic nitrogens is 3. The smallest absolute Gasteiger partial charge is 0.253 e. The second kappa shape index (κ2) is 8.68. The van der Waals surface area contributed by atoms with Gasteiger partial charge in [0.25, 0.3) is 5.91 Å². The van der Waals surface area contributed by atoms with Crippen LogP contribution in [0, 0.1) is 16.3 Å². The molecule has 4 rings (SSSR count). The van der Waals surface area contributed by atoms with Crippen molar-refractivity contribution in [1.29, 1.82) is 0 Å². The normalized spacial score (nSPS) is 11.1. The predicted molar refractivity (Wildman–Crippen MR) is 126 cm³/mol. The van der Waals surface area contributed by atoms with Gasteiger partial charge in [-0.2, -0.15) is 0 Å². The fourth-order valence-electron chi connectivity index (χ4n) is 3.16. The summed E-state index contributed by atoms with van der Waals surface area (Å²) in [6.45, 7) is 2.35. The zero-order chi connectivity index (χ0) is 21.3. The Kier molecular flexibility index (Phi) is 6.00. The molecule has 3 aromatic heterocycles. The number of amides is 1. The summed E-state index contributed by atoms with van der Waals surface area (Å²) in [6.07, 6.45) is 3.94. The largest absolute Gasteiger partial charge is 0.352 e. The molecule has 0 fully saturated rings. The highest BCUT2D eigenvalue weighted by molar-refractivity contribution is 14.1. The van der Waals surface area contributed by atoms with Crippen LogP contribution in [0.2, 0.25) is 0 Å². The number of anilines is 2. The number of hydrogen-bond donors (Lipinski definition) is 2. The Labute approximate surface area is 190 Å². The van der Waals surface area contributed by atoms with Crippen LogP contribution in [0.25, 0.3) is 11.0 Å². The number of carbonyl (C=O) groups is 1. The number of rotatable bonds is 6. The van der Waals surface area contributed by atoms with Crippen LogP contribution in [-0.4, -0.2) is 27.0 Å². The third-order valence-corrected chi connectivity index (χ3v) is 6.26. The minimum absolute atomic E-state index is 0.0756. The number of imidazole rings is 1. The first-order chi connectivity index (χ1) is 14.4. The van der Waals surface area contributed by atoms with Crippen molar-refractivity contribution in [3.05, 3.63) is 67.6 Å². The van der Waals surface area contributed by atoms with Gasteiger partial charge < -0.3 is 15.2 Å².